The smallest absolute Gasteiger partial charge is 0.252 e. The first-order chi connectivity index (χ1) is 17.7. The first-order valence-electron chi connectivity index (χ1n) is 12.2. The summed E-state index contributed by atoms with van der Waals surface area (Å²) in [6, 6.07) is 28.3. The molecular weight excluding hydrogens is 450 g/mol. The first-order valence-corrected chi connectivity index (χ1v) is 12.2. The van der Waals surface area contributed by atoms with Crippen LogP contribution in [-0.4, -0.2) is 47.2 Å². The van der Waals surface area contributed by atoms with E-state index in [-0.39, 0.29) is 17.9 Å². The van der Waals surface area contributed by atoms with Crippen molar-refractivity contribution in [2.75, 3.05) is 13.1 Å². The third-order valence-electron chi connectivity index (χ3n) is 6.42. The number of H-pyrrole nitrogens is 1. The molecule has 0 bridgehead atoms. The molecule has 4 N–H and O–H groups in total. The Morgan fingerprint density at radius 3 is 2.42 bits per heavy atom. The zero-order valence-corrected chi connectivity index (χ0v) is 19.9. The fraction of sp³-hybridized carbons (Fsp3) is 0.207. The molecule has 4 aromatic rings. The standard InChI is InChI=1S/C29H29N5O2/c35-28(32-27(17-20-9-3-1-4-10-20)29(36)31-22-15-16-30-19-22)24-14-8-7-13-23(24)26-18-25(33-34-26)21-11-5-2-6-12-21/h1-14,18,22,27,30H,15-17,19H2,(H,31,36)(H,32,35)(H,33,34)/t22?,27-/m0/s1. The number of carbonyl (C=O) groups is 2. The summed E-state index contributed by atoms with van der Waals surface area (Å²) in [6.45, 7) is 1.62. The van der Waals surface area contributed by atoms with Gasteiger partial charge in [0.2, 0.25) is 5.91 Å². The number of hydrogen-bond acceptors (Lipinski definition) is 4. The van der Waals surface area contributed by atoms with E-state index in [2.05, 4.69) is 26.1 Å². The number of amides is 2. The van der Waals surface area contributed by atoms with Crippen LogP contribution in [0.5, 0.6) is 0 Å². The van der Waals surface area contributed by atoms with Crippen LogP contribution >= 0.6 is 0 Å². The lowest BCUT2D eigenvalue weighted by Crippen LogP contribution is -2.51. The number of carbonyl (C=O) groups excluding carboxylic acids is 2. The van der Waals surface area contributed by atoms with Crippen molar-refractivity contribution in [3.8, 4) is 22.5 Å². The summed E-state index contributed by atoms with van der Waals surface area (Å²) < 4.78 is 0. The number of benzene rings is 3. The second-order valence-electron chi connectivity index (χ2n) is 8.99. The van der Waals surface area contributed by atoms with Gasteiger partial charge < -0.3 is 16.0 Å². The molecule has 0 saturated carbocycles. The number of hydrogen-bond donors (Lipinski definition) is 4. The molecule has 2 atom stereocenters. The third kappa shape index (κ3) is 5.53. The van der Waals surface area contributed by atoms with Crippen LogP contribution in [0.25, 0.3) is 22.5 Å². The fourth-order valence-corrected chi connectivity index (χ4v) is 4.51. The van der Waals surface area contributed by atoms with Gasteiger partial charge in [0.15, 0.2) is 0 Å². The summed E-state index contributed by atoms with van der Waals surface area (Å²) in [5.41, 5.74) is 4.71. The molecule has 182 valence electrons. The van der Waals surface area contributed by atoms with Gasteiger partial charge >= 0.3 is 0 Å². The van der Waals surface area contributed by atoms with Crippen molar-refractivity contribution in [2.45, 2.75) is 24.9 Å². The number of rotatable bonds is 8. The molecule has 1 saturated heterocycles. The van der Waals surface area contributed by atoms with Crippen molar-refractivity contribution in [3.05, 3.63) is 102 Å². The monoisotopic (exact) mass is 479 g/mol. The number of nitrogens with one attached hydrogen (secondary N) is 4. The van der Waals surface area contributed by atoms with E-state index in [4.69, 9.17) is 0 Å². The highest BCUT2D eigenvalue weighted by Crippen LogP contribution is 2.26. The Bertz CT molecular complexity index is 1310. The highest BCUT2D eigenvalue weighted by Gasteiger charge is 2.26. The van der Waals surface area contributed by atoms with E-state index >= 15 is 0 Å². The summed E-state index contributed by atoms with van der Waals surface area (Å²) in [7, 11) is 0. The molecule has 0 spiro atoms. The van der Waals surface area contributed by atoms with Crippen molar-refractivity contribution in [2.24, 2.45) is 0 Å². The van der Waals surface area contributed by atoms with Crippen LogP contribution in [-0.2, 0) is 11.2 Å². The van der Waals surface area contributed by atoms with Crippen molar-refractivity contribution < 1.29 is 9.59 Å². The summed E-state index contributed by atoms with van der Waals surface area (Å²) in [5, 5.41) is 16.9. The third-order valence-corrected chi connectivity index (χ3v) is 6.42. The average molecular weight is 480 g/mol. The molecule has 7 heteroatoms. The molecule has 0 aliphatic carbocycles. The van der Waals surface area contributed by atoms with Crippen molar-refractivity contribution in [1.29, 1.82) is 0 Å². The zero-order chi connectivity index (χ0) is 24.7. The Morgan fingerprint density at radius 2 is 1.67 bits per heavy atom. The summed E-state index contributed by atoms with van der Waals surface area (Å²) in [6.07, 6.45) is 1.28. The second kappa shape index (κ2) is 11.0. The molecule has 1 fully saturated rings. The molecule has 5 rings (SSSR count). The number of aromatic amines is 1. The van der Waals surface area contributed by atoms with E-state index in [0.717, 1.165) is 47.6 Å². The Labute approximate surface area is 210 Å². The topological polar surface area (TPSA) is 98.9 Å². The largest absolute Gasteiger partial charge is 0.350 e. The maximum Gasteiger partial charge on any atom is 0.252 e. The van der Waals surface area contributed by atoms with Crippen LogP contribution in [0.1, 0.15) is 22.3 Å². The minimum atomic E-state index is -0.699. The Kier molecular flexibility index (Phi) is 7.19. The van der Waals surface area contributed by atoms with Crippen molar-refractivity contribution >= 4 is 11.8 Å². The van der Waals surface area contributed by atoms with E-state index in [9.17, 15) is 9.59 Å². The molecule has 36 heavy (non-hydrogen) atoms. The van der Waals surface area contributed by atoms with Crippen LogP contribution in [0, 0.1) is 0 Å². The van der Waals surface area contributed by atoms with Gasteiger partial charge in [-0.25, -0.2) is 0 Å². The maximum absolute atomic E-state index is 13.5. The minimum absolute atomic E-state index is 0.0707. The van der Waals surface area contributed by atoms with Crippen LogP contribution < -0.4 is 16.0 Å². The predicted octanol–water partition coefficient (Wildman–Crippen LogP) is 3.56. The van der Waals surface area contributed by atoms with Gasteiger partial charge in [0.1, 0.15) is 6.04 Å². The summed E-state index contributed by atoms with van der Waals surface area (Å²) in [5.74, 6) is -0.478. The van der Waals surface area contributed by atoms with Crippen LogP contribution in [0.4, 0.5) is 0 Å². The van der Waals surface area contributed by atoms with Gasteiger partial charge in [-0.15, -0.1) is 0 Å². The van der Waals surface area contributed by atoms with Gasteiger partial charge in [0.25, 0.3) is 5.91 Å². The van der Waals surface area contributed by atoms with Crippen LogP contribution in [0.2, 0.25) is 0 Å². The van der Waals surface area contributed by atoms with Gasteiger partial charge in [-0.2, -0.15) is 5.10 Å². The molecule has 2 heterocycles. The normalized spacial score (nSPS) is 15.8. The van der Waals surface area contributed by atoms with Crippen LogP contribution in [0.15, 0.2) is 91.0 Å². The average Bonchev–Trinajstić information content (AvgIpc) is 3.62. The van der Waals surface area contributed by atoms with Gasteiger partial charge in [0, 0.05) is 35.7 Å². The molecule has 1 aliphatic heterocycles. The highest BCUT2D eigenvalue weighted by atomic mass is 16.2. The quantitative estimate of drug-likeness (QED) is 0.311. The molecule has 7 nitrogen and oxygen atoms in total. The lowest BCUT2D eigenvalue weighted by molar-refractivity contribution is -0.123. The number of nitrogens with zero attached hydrogens (tertiary/aromatic N) is 1. The second-order valence-corrected chi connectivity index (χ2v) is 8.99. The van der Waals surface area contributed by atoms with Gasteiger partial charge in [-0.1, -0.05) is 78.9 Å². The van der Waals surface area contributed by atoms with E-state index in [1.807, 2.05) is 84.9 Å². The molecule has 1 aliphatic rings. The fourth-order valence-electron chi connectivity index (χ4n) is 4.51. The minimum Gasteiger partial charge on any atom is -0.350 e. The molecule has 1 unspecified atom stereocenters. The Morgan fingerprint density at radius 1 is 0.944 bits per heavy atom. The molecule has 1 aromatic heterocycles. The SMILES string of the molecule is O=C(N[C@@H](Cc1ccccc1)C(=O)NC1CCNC1)c1ccccc1-c1cc(-c2ccccc2)n[nH]1. The van der Waals surface area contributed by atoms with Gasteiger partial charge in [0.05, 0.1) is 11.4 Å². The molecular formula is C29H29N5O2. The van der Waals surface area contributed by atoms with E-state index in [1.54, 1.807) is 6.07 Å². The van der Waals surface area contributed by atoms with Crippen molar-refractivity contribution in [1.82, 2.24) is 26.1 Å². The lowest BCUT2D eigenvalue weighted by atomic mass is 10.0. The van der Waals surface area contributed by atoms with Gasteiger partial charge in [-0.05, 0) is 30.7 Å². The van der Waals surface area contributed by atoms with Crippen molar-refractivity contribution in [3.63, 3.8) is 0 Å². The first kappa shape index (κ1) is 23.5. The predicted molar refractivity (Wildman–Crippen MR) is 140 cm³/mol. The molecule has 2 amide bonds. The summed E-state index contributed by atoms with van der Waals surface area (Å²) >= 11 is 0. The van der Waals surface area contributed by atoms with Crippen LogP contribution in [0.3, 0.4) is 0 Å². The highest BCUT2D eigenvalue weighted by molar-refractivity contribution is 6.02. The lowest BCUT2D eigenvalue weighted by Gasteiger charge is -2.21. The Hall–Kier alpha value is -4.23. The van der Waals surface area contributed by atoms with E-state index in [1.165, 1.54) is 0 Å². The number of aromatic nitrogens is 2. The maximum atomic E-state index is 13.5. The zero-order valence-electron chi connectivity index (χ0n) is 19.9. The summed E-state index contributed by atoms with van der Waals surface area (Å²) in [4.78, 5) is 26.7. The Balaban J connectivity index is 1.38. The molecule has 3 aromatic carbocycles. The molecule has 0 radical (unpaired) electrons. The van der Waals surface area contributed by atoms with E-state index < -0.39 is 6.04 Å². The van der Waals surface area contributed by atoms with Gasteiger partial charge in [-0.3, -0.25) is 14.7 Å². The van der Waals surface area contributed by atoms with E-state index in [0.29, 0.717) is 12.0 Å².